The Morgan fingerprint density at radius 1 is 1.12 bits per heavy atom. The Balaban J connectivity index is 3.01. The van der Waals surface area contributed by atoms with E-state index in [2.05, 4.69) is 4.74 Å². The van der Waals surface area contributed by atoms with E-state index in [1.54, 1.807) is 26.8 Å². The van der Waals surface area contributed by atoms with E-state index in [-0.39, 0.29) is 11.1 Å². The lowest BCUT2D eigenvalue weighted by molar-refractivity contribution is -0.304. The van der Waals surface area contributed by atoms with Gasteiger partial charge in [-0.15, -0.1) is 0 Å². The summed E-state index contributed by atoms with van der Waals surface area (Å²) in [6.45, 7) is 4.81. The highest BCUT2D eigenvalue weighted by Crippen LogP contribution is 2.36. The summed E-state index contributed by atoms with van der Waals surface area (Å²) >= 11 is 0. The topological polar surface area (TPSA) is 50.1 Å². The molecule has 0 heterocycles. The predicted molar refractivity (Wildman–Crippen MR) is 81.0 cm³/mol. The van der Waals surface area contributed by atoms with Crippen LogP contribution >= 0.6 is 0 Å². The molecule has 0 fully saturated rings. The fraction of sp³-hybridized carbons (Fsp3) is 0.412. The smallest absolute Gasteiger partial charge is 0.430 e. The zero-order valence-corrected chi connectivity index (χ0v) is 14.0. The summed E-state index contributed by atoms with van der Waals surface area (Å²) in [6, 6.07) is 5.75. The number of carbonyl (C=O) groups is 1. The van der Waals surface area contributed by atoms with Gasteiger partial charge in [0.1, 0.15) is 11.8 Å². The van der Waals surface area contributed by atoms with E-state index >= 15 is 0 Å². The zero-order chi connectivity index (χ0) is 20.3. The molecule has 0 radical (unpaired) electrons. The summed E-state index contributed by atoms with van der Waals surface area (Å²) in [5.74, 6) is -1.16. The number of carbonyl (C=O) groups excluding carboxylic acids is 1. The minimum atomic E-state index is -5.78. The molecule has 26 heavy (non-hydrogen) atoms. The van der Waals surface area contributed by atoms with Crippen molar-refractivity contribution in [3.63, 3.8) is 0 Å². The fourth-order valence-corrected chi connectivity index (χ4v) is 1.75. The number of nitriles is 1. The molecule has 0 aromatic heterocycles. The van der Waals surface area contributed by atoms with E-state index in [9.17, 15) is 31.1 Å². The van der Waals surface area contributed by atoms with Crippen molar-refractivity contribution in [2.24, 2.45) is 5.41 Å². The van der Waals surface area contributed by atoms with E-state index in [4.69, 9.17) is 5.26 Å². The standard InChI is InChI=1S/C17H15F6NO2/c1-15(2,3)13(25)11(9-24)8-10-4-6-12(7-5-10)26-17(22,23)14(18)16(19,20)21/h4-8,14H,1-3H3/b11-8-/t14-/m1/s1. The van der Waals surface area contributed by atoms with Crippen molar-refractivity contribution in [3.05, 3.63) is 35.4 Å². The summed E-state index contributed by atoms with van der Waals surface area (Å²) in [5.41, 5.74) is -0.750. The van der Waals surface area contributed by atoms with Gasteiger partial charge in [0.2, 0.25) is 0 Å². The molecular weight excluding hydrogens is 364 g/mol. The molecule has 142 valence electrons. The van der Waals surface area contributed by atoms with Gasteiger partial charge in [-0.1, -0.05) is 32.9 Å². The first-order chi connectivity index (χ1) is 11.7. The van der Waals surface area contributed by atoms with Crippen LogP contribution in [0, 0.1) is 16.7 Å². The Bertz CT molecular complexity index is 724. The van der Waals surface area contributed by atoms with Gasteiger partial charge in [0.25, 0.3) is 6.17 Å². The number of hydrogen-bond acceptors (Lipinski definition) is 3. The molecule has 0 bridgehead atoms. The first-order valence-electron chi connectivity index (χ1n) is 7.23. The average Bonchev–Trinajstić information content (AvgIpc) is 2.50. The minimum Gasteiger partial charge on any atom is -0.430 e. The fourth-order valence-electron chi connectivity index (χ4n) is 1.75. The van der Waals surface area contributed by atoms with Gasteiger partial charge in [0.05, 0.1) is 5.57 Å². The van der Waals surface area contributed by atoms with E-state index in [0.29, 0.717) is 0 Å². The molecule has 0 spiro atoms. The van der Waals surface area contributed by atoms with Crippen molar-refractivity contribution in [2.75, 3.05) is 0 Å². The average molecular weight is 379 g/mol. The summed E-state index contributed by atoms with van der Waals surface area (Å²) in [5, 5.41) is 9.05. The molecule has 0 aliphatic heterocycles. The molecule has 9 heteroatoms. The highest BCUT2D eigenvalue weighted by Gasteiger charge is 2.59. The van der Waals surface area contributed by atoms with Gasteiger partial charge < -0.3 is 4.74 Å². The number of ketones is 1. The molecule has 1 aromatic carbocycles. The van der Waals surface area contributed by atoms with Gasteiger partial charge >= 0.3 is 12.3 Å². The number of rotatable bonds is 5. The third-order valence-electron chi connectivity index (χ3n) is 3.07. The van der Waals surface area contributed by atoms with Crippen LogP contribution in [0.4, 0.5) is 26.3 Å². The number of hydrogen-bond donors (Lipinski definition) is 0. The maximum atomic E-state index is 13.2. The van der Waals surface area contributed by atoms with Crippen LogP contribution < -0.4 is 4.74 Å². The molecule has 0 aliphatic rings. The summed E-state index contributed by atoms with van der Waals surface area (Å²) < 4.78 is 79.1. The molecule has 3 nitrogen and oxygen atoms in total. The number of ether oxygens (including phenoxy) is 1. The Morgan fingerprint density at radius 3 is 2.00 bits per heavy atom. The van der Waals surface area contributed by atoms with Crippen LogP contribution in [0.1, 0.15) is 26.3 Å². The molecule has 1 atom stereocenters. The molecule has 0 amide bonds. The van der Waals surface area contributed by atoms with Crippen LogP contribution in [-0.2, 0) is 4.79 Å². The molecule has 0 N–H and O–H groups in total. The Hall–Kier alpha value is -2.50. The third-order valence-corrected chi connectivity index (χ3v) is 3.07. The Labute approximate surface area is 145 Å². The van der Waals surface area contributed by atoms with Gasteiger partial charge in [-0.2, -0.15) is 27.2 Å². The number of nitrogens with zero attached hydrogens (tertiary/aromatic N) is 1. The SMILES string of the molecule is CC(C)(C)C(=O)/C(C#N)=C\c1ccc(OC(F)(F)[C@H](F)C(F)(F)F)cc1. The van der Waals surface area contributed by atoms with Crippen LogP contribution in [-0.4, -0.2) is 24.2 Å². The highest BCUT2D eigenvalue weighted by atomic mass is 19.4. The normalized spacial score (nSPS) is 14.5. The van der Waals surface area contributed by atoms with Gasteiger partial charge in [0, 0.05) is 5.41 Å². The number of alkyl halides is 6. The van der Waals surface area contributed by atoms with Gasteiger partial charge in [-0.3, -0.25) is 4.79 Å². The van der Waals surface area contributed by atoms with Crippen molar-refractivity contribution in [2.45, 2.75) is 39.2 Å². The van der Waals surface area contributed by atoms with Gasteiger partial charge in [-0.25, -0.2) is 4.39 Å². The first-order valence-corrected chi connectivity index (χ1v) is 7.23. The third kappa shape index (κ3) is 5.51. The summed E-state index contributed by atoms with van der Waals surface area (Å²) in [4.78, 5) is 12.1. The number of benzene rings is 1. The van der Waals surface area contributed by atoms with Crippen LogP contribution in [0.25, 0.3) is 6.08 Å². The largest absolute Gasteiger partial charge is 0.439 e. The van der Waals surface area contributed by atoms with Crippen LogP contribution in [0.2, 0.25) is 0 Å². The Morgan fingerprint density at radius 2 is 1.62 bits per heavy atom. The lowest BCUT2D eigenvalue weighted by Gasteiger charge is -2.23. The van der Waals surface area contributed by atoms with Crippen LogP contribution in [0.5, 0.6) is 5.75 Å². The molecule has 0 aliphatic carbocycles. The van der Waals surface area contributed by atoms with E-state index < -0.39 is 35.4 Å². The van der Waals surface area contributed by atoms with E-state index in [1.807, 2.05) is 0 Å². The second-order valence-electron chi connectivity index (χ2n) is 6.39. The number of allylic oxidation sites excluding steroid dienone is 1. The van der Waals surface area contributed by atoms with Gasteiger partial charge in [0.15, 0.2) is 5.78 Å². The minimum absolute atomic E-state index is 0.183. The van der Waals surface area contributed by atoms with Crippen molar-refractivity contribution < 1.29 is 35.9 Å². The van der Waals surface area contributed by atoms with Crippen LogP contribution in [0.15, 0.2) is 29.8 Å². The highest BCUT2D eigenvalue weighted by molar-refractivity contribution is 6.06. The second kappa shape index (κ2) is 7.40. The quantitative estimate of drug-likeness (QED) is 0.407. The lowest BCUT2D eigenvalue weighted by atomic mass is 9.86. The summed E-state index contributed by atoms with van der Waals surface area (Å²) in [7, 11) is 0. The molecule has 0 saturated carbocycles. The van der Waals surface area contributed by atoms with Crippen molar-refractivity contribution in [1.29, 1.82) is 5.26 Å². The number of halogens is 6. The molecule has 1 aromatic rings. The van der Waals surface area contributed by atoms with Crippen LogP contribution in [0.3, 0.4) is 0 Å². The van der Waals surface area contributed by atoms with E-state index in [1.165, 1.54) is 6.08 Å². The van der Waals surface area contributed by atoms with Gasteiger partial charge in [-0.05, 0) is 23.8 Å². The molecule has 1 rings (SSSR count). The second-order valence-corrected chi connectivity index (χ2v) is 6.39. The molecular formula is C17H15F6NO2. The van der Waals surface area contributed by atoms with Crippen molar-refractivity contribution in [3.8, 4) is 11.8 Å². The zero-order valence-electron chi connectivity index (χ0n) is 14.0. The lowest BCUT2D eigenvalue weighted by Crippen LogP contribution is -2.45. The van der Waals surface area contributed by atoms with Crippen molar-refractivity contribution in [1.82, 2.24) is 0 Å². The molecule has 0 unspecified atom stereocenters. The predicted octanol–water partition coefficient (Wildman–Crippen LogP) is 5.08. The monoisotopic (exact) mass is 379 g/mol. The van der Waals surface area contributed by atoms with E-state index in [0.717, 1.165) is 24.3 Å². The first kappa shape index (κ1) is 21.5. The maximum absolute atomic E-state index is 13.2. The molecule has 0 saturated heterocycles. The maximum Gasteiger partial charge on any atom is 0.439 e. The van der Waals surface area contributed by atoms with Crippen molar-refractivity contribution >= 4 is 11.9 Å². The Kier molecular flexibility index (Phi) is 6.13. The number of Topliss-reactive ketones (excluding diaryl/α,β-unsaturated/α-hetero) is 1. The summed E-state index contributed by atoms with van der Waals surface area (Å²) in [6.07, 6.45) is -14.2.